The van der Waals surface area contributed by atoms with Gasteiger partial charge >= 0.3 is 0 Å². The molecule has 3 heterocycles. The third-order valence-corrected chi connectivity index (χ3v) is 5.40. The number of aromatic nitrogens is 2. The van der Waals surface area contributed by atoms with Crippen molar-refractivity contribution in [2.24, 2.45) is 0 Å². The van der Waals surface area contributed by atoms with Crippen LogP contribution < -0.4 is 0 Å². The summed E-state index contributed by atoms with van der Waals surface area (Å²) in [5.41, 5.74) is 6.30. The Labute approximate surface area is 153 Å². The van der Waals surface area contributed by atoms with E-state index in [1.165, 1.54) is 16.7 Å². The van der Waals surface area contributed by atoms with E-state index < -0.39 is 0 Å². The predicted octanol–water partition coefficient (Wildman–Crippen LogP) is 4.43. The highest BCUT2D eigenvalue weighted by molar-refractivity contribution is 6.06. The molecule has 26 heavy (non-hydrogen) atoms. The van der Waals surface area contributed by atoms with Gasteiger partial charge in [-0.05, 0) is 63.3 Å². The Balaban J connectivity index is 1.76. The van der Waals surface area contributed by atoms with E-state index in [1.54, 1.807) is 0 Å². The molecule has 1 aliphatic rings. The number of carbonyl (C=O) groups is 1. The van der Waals surface area contributed by atoms with Crippen molar-refractivity contribution in [2.45, 2.75) is 46.6 Å². The topological polar surface area (TPSA) is 59.2 Å². The summed E-state index contributed by atoms with van der Waals surface area (Å²) in [6.07, 6.45) is 2.00. The number of aryl methyl sites for hydroxylation is 4. The first-order chi connectivity index (χ1) is 12.5. The zero-order valence-electron chi connectivity index (χ0n) is 15.7. The summed E-state index contributed by atoms with van der Waals surface area (Å²) in [4.78, 5) is 19.8. The average Bonchev–Trinajstić information content (AvgIpc) is 3.23. The average molecular weight is 349 g/mol. The molecule has 0 bridgehead atoms. The molecule has 0 radical (unpaired) electrons. The first-order valence-electron chi connectivity index (χ1n) is 9.07. The van der Waals surface area contributed by atoms with Crippen LogP contribution in [0.4, 0.5) is 0 Å². The number of benzene rings is 1. The van der Waals surface area contributed by atoms with E-state index in [0.29, 0.717) is 17.0 Å². The van der Waals surface area contributed by atoms with Crippen LogP contribution in [0.25, 0.3) is 11.1 Å². The van der Waals surface area contributed by atoms with Gasteiger partial charge in [0.2, 0.25) is 0 Å². The van der Waals surface area contributed by atoms with E-state index in [0.717, 1.165) is 30.5 Å². The summed E-state index contributed by atoms with van der Waals surface area (Å²) in [5.74, 6) is 0.0347. The van der Waals surface area contributed by atoms with E-state index >= 15 is 0 Å². The zero-order chi connectivity index (χ0) is 18.4. The largest absolute Gasteiger partial charge is 0.336 e. The Morgan fingerprint density at radius 1 is 1.15 bits per heavy atom. The minimum Gasteiger partial charge on any atom is -0.336 e. The van der Waals surface area contributed by atoms with Gasteiger partial charge < -0.3 is 9.42 Å². The van der Waals surface area contributed by atoms with Gasteiger partial charge in [0.05, 0.1) is 22.7 Å². The van der Waals surface area contributed by atoms with Crippen LogP contribution in [-0.4, -0.2) is 27.5 Å². The Bertz CT molecular complexity index is 1010. The molecule has 5 nitrogen and oxygen atoms in total. The van der Waals surface area contributed by atoms with Crippen LogP contribution in [0.3, 0.4) is 0 Å². The molecule has 1 atom stereocenters. The molecule has 4 rings (SSSR count). The molecule has 5 heteroatoms. The number of hydrogen-bond donors (Lipinski definition) is 0. The van der Waals surface area contributed by atoms with Crippen molar-refractivity contribution in [2.75, 3.05) is 6.54 Å². The minimum absolute atomic E-state index is 0.0347. The molecule has 0 N–H and O–H groups in total. The maximum Gasteiger partial charge on any atom is 0.258 e. The molecule has 134 valence electrons. The number of amides is 1. The van der Waals surface area contributed by atoms with Gasteiger partial charge in [-0.2, -0.15) is 0 Å². The molecule has 0 aliphatic carbocycles. The van der Waals surface area contributed by atoms with Crippen LogP contribution in [0, 0.1) is 27.7 Å². The third kappa shape index (κ3) is 2.68. The number of hydrogen-bond acceptors (Lipinski definition) is 4. The molecule has 0 spiro atoms. The van der Waals surface area contributed by atoms with Crippen molar-refractivity contribution in [3.05, 3.63) is 57.9 Å². The van der Waals surface area contributed by atoms with E-state index in [4.69, 9.17) is 4.52 Å². The lowest BCUT2D eigenvalue weighted by molar-refractivity contribution is 0.0737. The summed E-state index contributed by atoms with van der Waals surface area (Å²) in [5, 5.41) is 4.72. The first kappa shape index (κ1) is 16.8. The molecular weight excluding hydrogens is 326 g/mol. The second-order valence-electron chi connectivity index (χ2n) is 7.26. The summed E-state index contributed by atoms with van der Waals surface area (Å²) >= 11 is 0. The molecule has 1 aromatic carbocycles. The monoisotopic (exact) mass is 349 g/mol. The lowest BCUT2D eigenvalue weighted by Crippen LogP contribution is -2.31. The fraction of sp³-hybridized carbons (Fsp3) is 0.381. The van der Waals surface area contributed by atoms with Crippen LogP contribution >= 0.6 is 0 Å². The summed E-state index contributed by atoms with van der Waals surface area (Å²) in [7, 11) is 0. The predicted molar refractivity (Wildman–Crippen MR) is 100 cm³/mol. The molecule has 3 aromatic rings. The van der Waals surface area contributed by atoms with Gasteiger partial charge in [-0.15, -0.1) is 0 Å². The van der Waals surface area contributed by atoms with Crippen LogP contribution in [0.2, 0.25) is 0 Å². The summed E-state index contributed by atoms with van der Waals surface area (Å²) < 4.78 is 5.29. The van der Waals surface area contributed by atoms with E-state index in [2.05, 4.69) is 42.2 Å². The molecule has 2 aromatic heterocycles. The maximum absolute atomic E-state index is 13.4. The molecule has 1 amide bonds. The molecule has 1 unspecified atom stereocenters. The highest BCUT2D eigenvalue weighted by atomic mass is 16.5. The van der Waals surface area contributed by atoms with Gasteiger partial charge in [-0.3, -0.25) is 4.79 Å². The van der Waals surface area contributed by atoms with Crippen LogP contribution in [0.1, 0.15) is 57.3 Å². The molecular formula is C21H23N3O2. The smallest absolute Gasteiger partial charge is 0.258 e. The van der Waals surface area contributed by atoms with Crippen LogP contribution in [0.5, 0.6) is 0 Å². The number of pyridine rings is 1. The fourth-order valence-corrected chi connectivity index (χ4v) is 3.87. The number of rotatable bonds is 2. The first-order valence-corrected chi connectivity index (χ1v) is 9.07. The number of nitrogens with zero attached hydrogens (tertiary/aromatic N) is 3. The minimum atomic E-state index is 0.0347. The van der Waals surface area contributed by atoms with Crippen molar-refractivity contribution in [1.29, 1.82) is 0 Å². The summed E-state index contributed by atoms with van der Waals surface area (Å²) in [6, 6.07) is 8.47. The van der Waals surface area contributed by atoms with Gasteiger partial charge in [0.15, 0.2) is 0 Å². The second kappa shape index (κ2) is 6.24. The molecule has 1 aliphatic heterocycles. The molecule has 1 fully saturated rings. The second-order valence-corrected chi connectivity index (χ2v) is 7.26. The highest BCUT2D eigenvalue weighted by Gasteiger charge is 2.32. The van der Waals surface area contributed by atoms with E-state index in [1.807, 2.05) is 24.8 Å². The van der Waals surface area contributed by atoms with Crippen molar-refractivity contribution >= 4 is 17.0 Å². The van der Waals surface area contributed by atoms with Crippen LogP contribution in [-0.2, 0) is 0 Å². The SMILES string of the molecule is Cc1cc(C(=O)N2CCCC2c2ccc(C)c(C)c2)c2c(C)noc2n1. The normalized spacial score (nSPS) is 17.2. The maximum atomic E-state index is 13.4. The molecule has 1 saturated heterocycles. The van der Waals surface area contributed by atoms with Gasteiger partial charge in [0, 0.05) is 12.2 Å². The quantitative estimate of drug-likeness (QED) is 0.686. The summed E-state index contributed by atoms with van der Waals surface area (Å²) in [6.45, 7) is 8.73. The Hall–Kier alpha value is -2.69. The van der Waals surface area contributed by atoms with Crippen molar-refractivity contribution in [1.82, 2.24) is 15.0 Å². The number of likely N-dealkylation sites (tertiary alicyclic amines) is 1. The number of fused-ring (bicyclic) bond motifs is 1. The molecule has 0 saturated carbocycles. The zero-order valence-corrected chi connectivity index (χ0v) is 15.7. The lowest BCUT2D eigenvalue weighted by Gasteiger charge is -2.26. The highest BCUT2D eigenvalue weighted by Crippen LogP contribution is 2.35. The Kier molecular flexibility index (Phi) is 4.02. The standard InChI is InChI=1S/C21H23N3O2/c1-12-7-8-16(10-13(12)2)18-6-5-9-24(18)21(25)17-11-14(3)22-20-19(17)15(4)23-26-20/h7-8,10-11,18H,5-6,9H2,1-4H3. The van der Waals surface area contributed by atoms with Crippen LogP contribution in [0.15, 0.2) is 28.8 Å². The lowest BCUT2D eigenvalue weighted by atomic mass is 9.99. The fourth-order valence-electron chi connectivity index (χ4n) is 3.87. The third-order valence-electron chi connectivity index (χ3n) is 5.40. The van der Waals surface area contributed by atoms with Crippen molar-refractivity contribution in [3.8, 4) is 0 Å². The van der Waals surface area contributed by atoms with Crippen molar-refractivity contribution < 1.29 is 9.32 Å². The van der Waals surface area contributed by atoms with Gasteiger partial charge in [0.1, 0.15) is 0 Å². The number of carbonyl (C=O) groups excluding carboxylic acids is 1. The van der Waals surface area contributed by atoms with E-state index in [-0.39, 0.29) is 11.9 Å². The Morgan fingerprint density at radius 2 is 1.96 bits per heavy atom. The van der Waals surface area contributed by atoms with Gasteiger partial charge in [0.25, 0.3) is 11.6 Å². The Morgan fingerprint density at radius 3 is 2.73 bits per heavy atom. The van der Waals surface area contributed by atoms with E-state index in [9.17, 15) is 4.79 Å². The van der Waals surface area contributed by atoms with Gasteiger partial charge in [-0.1, -0.05) is 23.4 Å². The van der Waals surface area contributed by atoms with Gasteiger partial charge in [-0.25, -0.2) is 4.98 Å². The van der Waals surface area contributed by atoms with Crippen molar-refractivity contribution in [3.63, 3.8) is 0 Å².